The third kappa shape index (κ3) is 6.87. The Morgan fingerprint density at radius 3 is 2.22 bits per heavy atom. The average Bonchev–Trinajstić information content (AvgIpc) is 3.06. The van der Waals surface area contributed by atoms with Gasteiger partial charge in [0.1, 0.15) is 5.69 Å². The lowest BCUT2D eigenvalue weighted by Crippen LogP contribution is -2.14. The highest BCUT2D eigenvalue weighted by molar-refractivity contribution is 5.56. The fourth-order valence-corrected chi connectivity index (χ4v) is 1.93. The zero-order chi connectivity index (χ0) is 16.2. The van der Waals surface area contributed by atoms with Gasteiger partial charge >= 0.3 is 0 Å². The summed E-state index contributed by atoms with van der Waals surface area (Å²) in [7, 11) is 0. The first-order valence-corrected chi connectivity index (χ1v) is 7.79. The molecule has 2 N–H and O–H groups in total. The summed E-state index contributed by atoms with van der Waals surface area (Å²) in [5.74, 6) is 0. The molecule has 0 saturated heterocycles. The van der Waals surface area contributed by atoms with Crippen LogP contribution in [0.5, 0.6) is 0 Å². The highest BCUT2D eigenvalue weighted by Crippen LogP contribution is 2.14. The standard InChI is InChI=1S/C16H24N4O3/c17-6-8-21-10-12-23-13-11-22-9-7-20-14-16(18-19-20)15-4-2-1-3-5-15/h1-5,14H,6-13,17H2. The van der Waals surface area contributed by atoms with Crippen LogP contribution < -0.4 is 5.73 Å². The predicted octanol–water partition coefficient (Wildman–Crippen LogP) is 0.954. The molecule has 1 heterocycles. The van der Waals surface area contributed by atoms with Gasteiger partial charge in [0.05, 0.1) is 52.4 Å². The first-order valence-electron chi connectivity index (χ1n) is 7.79. The third-order valence-corrected chi connectivity index (χ3v) is 3.08. The molecule has 1 aromatic heterocycles. The second-order valence-corrected chi connectivity index (χ2v) is 4.86. The van der Waals surface area contributed by atoms with Crippen molar-refractivity contribution in [2.24, 2.45) is 5.73 Å². The molecule has 0 unspecified atom stereocenters. The Labute approximate surface area is 136 Å². The minimum absolute atomic E-state index is 0.539. The Morgan fingerprint density at radius 1 is 0.870 bits per heavy atom. The molecule has 7 nitrogen and oxygen atoms in total. The average molecular weight is 320 g/mol. The van der Waals surface area contributed by atoms with Crippen LogP contribution in [-0.4, -0.2) is 61.2 Å². The van der Waals surface area contributed by atoms with E-state index in [1.807, 2.05) is 36.5 Å². The number of nitrogens with zero attached hydrogens (tertiary/aromatic N) is 3. The summed E-state index contributed by atoms with van der Waals surface area (Å²) in [6.07, 6.45) is 1.92. The summed E-state index contributed by atoms with van der Waals surface area (Å²) in [6.45, 7) is 4.59. The minimum atomic E-state index is 0.539. The zero-order valence-electron chi connectivity index (χ0n) is 13.3. The molecule has 0 bridgehead atoms. The molecule has 7 heteroatoms. The third-order valence-electron chi connectivity index (χ3n) is 3.08. The lowest BCUT2D eigenvalue weighted by atomic mass is 10.2. The Bertz CT molecular complexity index is 533. The topological polar surface area (TPSA) is 84.4 Å². The van der Waals surface area contributed by atoms with Crippen molar-refractivity contribution in [1.82, 2.24) is 15.0 Å². The summed E-state index contributed by atoms with van der Waals surface area (Å²) < 4.78 is 17.9. The van der Waals surface area contributed by atoms with E-state index < -0.39 is 0 Å². The molecule has 2 aromatic rings. The first-order chi connectivity index (χ1) is 11.4. The highest BCUT2D eigenvalue weighted by atomic mass is 16.5. The number of rotatable bonds is 12. The van der Waals surface area contributed by atoms with Crippen molar-refractivity contribution < 1.29 is 14.2 Å². The predicted molar refractivity (Wildman–Crippen MR) is 87.0 cm³/mol. The van der Waals surface area contributed by atoms with Crippen LogP contribution in [0.25, 0.3) is 11.3 Å². The van der Waals surface area contributed by atoms with Gasteiger partial charge < -0.3 is 19.9 Å². The fourth-order valence-electron chi connectivity index (χ4n) is 1.93. The van der Waals surface area contributed by atoms with Crippen molar-refractivity contribution in [2.75, 3.05) is 46.2 Å². The molecule has 23 heavy (non-hydrogen) atoms. The Hall–Kier alpha value is -1.80. The van der Waals surface area contributed by atoms with E-state index in [1.54, 1.807) is 4.68 Å². The largest absolute Gasteiger partial charge is 0.378 e. The quantitative estimate of drug-likeness (QED) is 0.586. The summed E-state index contributed by atoms with van der Waals surface area (Å²) in [5.41, 5.74) is 7.24. The van der Waals surface area contributed by atoms with Crippen LogP contribution in [0.15, 0.2) is 36.5 Å². The van der Waals surface area contributed by atoms with E-state index in [-0.39, 0.29) is 0 Å². The van der Waals surface area contributed by atoms with Crippen molar-refractivity contribution in [3.05, 3.63) is 36.5 Å². The number of hydrogen-bond donors (Lipinski definition) is 1. The van der Waals surface area contributed by atoms with Gasteiger partial charge in [0.2, 0.25) is 0 Å². The van der Waals surface area contributed by atoms with E-state index in [0.29, 0.717) is 52.7 Å². The van der Waals surface area contributed by atoms with Crippen LogP contribution in [0.3, 0.4) is 0 Å². The van der Waals surface area contributed by atoms with E-state index in [2.05, 4.69) is 10.3 Å². The maximum absolute atomic E-state index is 5.51. The lowest BCUT2D eigenvalue weighted by molar-refractivity contribution is 0.0141. The SMILES string of the molecule is NCCOCCOCCOCCn1cc(-c2ccccc2)nn1. The monoisotopic (exact) mass is 320 g/mol. The normalized spacial score (nSPS) is 11.0. The van der Waals surface area contributed by atoms with Crippen molar-refractivity contribution >= 4 is 0 Å². The number of ether oxygens (including phenoxy) is 3. The molecular weight excluding hydrogens is 296 g/mol. The van der Waals surface area contributed by atoms with Gasteiger partial charge in [-0.3, -0.25) is 0 Å². The van der Waals surface area contributed by atoms with E-state index in [9.17, 15) is 0 Å². The molecule has 0 atom stereocenters. The molecule has 0 amide bonds. The molecule has 0 aliphatic rings. The van der Waals surface area contributed by atoms with Gasteiger partial charge in [-0.05, 0) is 0 Å². The van der Waals surface area contributed by atoms with Crippen LogP contribution in [0.2, 0.25) is 0 Å². The second kappa shape index (κ2) is 10.8. The Morgan fingerprint density at radius 2 is 1.52 bits per heavy atom. The van der Waals surface area contributed by atoms with E-state index >= 15 is 0 Å². The Kier molecular flexibility index (Phi) is 8.28. The van der Waals surface area contributed by atoms with Gasteiger partial charge in [-0.1, -0.05) is 35.5 Å². The van der Waals surface area contributed by atoms with Crippen molar-refractivity contribution in [1.29, 1.82) is 0 Å². The van der Waals surface area contributed by atoms with Crippen LogP contribution in [-0.2, 0) is 20.8 Å². The molecule has 0 saturated carbocycles. The van der Waals surface area contributed by atoms with Crippen LogP contribution in [0, 0.1) is 0 Å². The minimum Gasteiger partial charge on any atom is -0.378 e. The summed E-state index contributed by atoms with van der Waals surface area (Å²) in [4.78, 5) is 0. The van der Waals surface area contributed by atoms with Gasteiger partial charge in [0, 0.05) is 12.1 Å². The Balaban J connectivity index is 1.53. The summed E-state index contributed by atoms with van der Waals surface area (Å²) >= 11 is 0. The molecule has 0 spiro atoms. The lowest BCUT2D eigenvalue weighted by Gasteiger charge is -2.06. The molecule has 126 valence electrons. The number of nitrogens with two attached hydrogens (primary N) is 1. The van der Waals surface area contributed by atoms with Crippen LogP contribution >= 0.6 is 0 Å². The van der Waals surface area contributed by atoms with Gasteiger partial charge in [-0.25, -0.2) is 4.68 Å². The second-order valence-electron chi connectivity index (χ2n) is 4.86. The maximum atomic E-state index is 5.51. The summed E-state index contributed by atoms with van der Waals surface area (Å²) in [5, 5.41) is 8.26. The van der Waals surface area contributed by atoms with E-state index in [1.165, 1.54) is 0 Å². The molecule has 0 radical (unpaired) electrons. The smallest absolute Gasteiger partial charge is 0.113 e. The number of aromatic nitrogens is 3. The van der Waals surface area contributed by atoms with E-state index in [0.717, 1.165) is 11.3 Å². The highest BCUT2D eigenvalue weighted by Gasteiger charge is 2.02. The van der Waals surface area contributed by atoms with Gasteiger partial charge in [0.15, 0.2) is 0 Å². The van der Waals surface area contributed by atoms with Crippen molar-refractivity contribution in [2.45, 2.75) is 6.54 Å². The molecule has 2 rings (SSSR count). The van der Waals surface area contributed by atoms with Gasteiger partial charge in [-0.2, -0.15) is 0 Å². The van der Waals surface area contributed by atoms with Gasteiger partial charge in [0.25, 0.3) is 0 Å². The van der Waals surface area contributed by atoms with Crippen molar-refractivity contribution in [3.63, 3.8) is 0 Å². The molecule has 0 fully saturated rings. The maximum Gasteiger partial charge on any atom is 0.113 e. The first kappa shape index (κ1) is 17.6. The fraction of sp³-hybridized carbons (Fsp3) is 0.500. The van der Waals surface area contributed by atoms with E-state index in [4.69, 9.17) is 19.9 Å². The van der Waals surface area contributed by atoms with Crippen LogP contribution in [0.4, 0.5) is 0 Å². The number of benzene rings is 1. The number of hydrogen-bond acceptors (Lipinski definition) is 6. The van der Waals surface area contributed by atoms with Crippen molar-refractivity contribution in [3.8, 4) is 11.3 Å². The van der Waals surface area contributed by atoms with Gasteiger partial charge in [-0.15, -0.1) is 5.10 Å². The van der Waals surface area contributed by atoms with Crippen LogP contribution in [0.1, 0.15) is 0 Å². The molecule has 1 aromatic carbocycles. The molecular formula is C16H24N4O3. The molecule has 0 aliphatic heterocycles. The molecule has 0 aliphatic carbocycles. The zero-order valence-corrected chi connectivity index (χ0v) is 13.3. The summed E-state index contributed by atoms with van der Waals surface area (Å²) in [6, 6.07) is 9.98.